The van der Waals surface area contributed by atoms with Crippen molar-refractivity contribution in [3.8, 4) is 5.75 Å². The van der Waals surface area contributed by atoms with Crippen LogP contribution in [0.4, 0.5) is 4.39 Å². The normalized spacial score (nSPS) is 14.1. The van der Waals surface area contributed by atoms with Crippen molar-refractivity contribution in [1.82, 2.24) is 5.32 Å². The van der Waals surface area contributed by atoms with Crippen LogP contribution in [0.5, 0.6) is 5.75 Å². The van der Waals surface area contributed by atoms with Gasteiger partial charge in [-0.05, 0) is 25.5 Å². The zero-order chi connectivity index (χ0) is 13.1. The molecule has 1 rings (SSSR count). The van der Waals surface area contributed by atoms with E-state index in [1.807, 2.05) is 6.92 Å². The van der Waals surface area contributed by atoms with Crippen LogP contribution in [0.1, 0.15) is 30.6 Å². The Morgan fingerprint density at radius 1 is 1.53 bits per heavy atom. The number of nitrogens with one attached hydrogen (secondary N) is 1. The molecule has 1 aromatic rings. The molecule has 17 heavy (non-hydrogen) atoms. The lowest BCUT2D eigenvalue weighted by molar-refractivity contribution is 0.0844. The van der Waals surface area contributed by atoms with Gasteiger partial charge in [0.1, 0.15) is 11.6 Å². The Morgan fingerprint density at radius 3 is 2.65 bits per heavy atom. The number of carbonyl (C=O) groups is 1. The summed E-state index contributed by atoms with van der Waals surface area (Å²) in [6.45, 7) is 3.30. The molecule has 0 saturated carbocycles. The Kier molecular flexibility index (Phi) is 4.07. The molecule has 0 aliphatic heterocycles. The Balaban J connectivity index is 2.90. The molecule has 1 unspecified atom stereocenters. The molecule has 4 nitrogen and oxygen atoms in total. The second-order valence-electron chi connectivity index (χ2n) is 4.19. The van der Waals surface area contributed by atoms with E-state index in [-0.39, 0.29) is 12.2 Å². The highest BCUT2D eigenvalue weighted by Crippen LogP contribution is 2.19. The van der Waals surface area contributed by atoms with Gasteiger partial charge in [-0.1, -0.05) is 6.92 Å². The summed E-state index contributed by atoms with van der Waals surface area (Å²) in [6, 6.07) is 3.17. The van der Waals surface area contributed by atoms with Crippen LogP contribution >= 0.6 is 0 Å². The molecule has 0 bridgehead atoms. The number of halogens is 1. The van der Waals surface area contributed by atoms with E-state index in [1.54, 1.807) is 6.92 Å². The van der Waals surface area contributed by atoms with Crippen LogP contribution in [0.3, 0.4) is 0 Å². The zero-order valence-electron chi connectivity index (χ0n) is 9.83. The van der Waals surface area contributed by atoms with Gasteiger partial charge in [-0.3, -0.25) is 4.79 Å². The third-order valence-corrected chi connectivity index (χ3v) is 2.75. The van der Waals surface area contributed by atoms with Gasteiger partial charge < -0.3 is 15.5 Å². The average Bonchev–Trinajstić information content (AvgIpc) is 2.28. The highest BCUT2D eigenvalue weighted by Gasteiger charge is 2.25. The first-order valence-electron chi connectivity index (χ1n) is 5.34. The quantitative estimate of drug-likeness (QED) is 0.746. The van der Waals surface area contributed by atoms with Crippen molar-refractivity contribution in [3.63, 3.8) is 0 Å². The van der Waals surface area contributed by atoms with Crippen molar-refractivity contribution in [2.45, 2.75) is 25.8 Å². The van der Waals surface area contributed by atoms with Crippen LogP contribution in [0.2, 0.25) is 0 Å². The van der Waals surface area contributed by atoms with Gasteiger partial charge in [-0.15, -0.1) is 0 Å². The Hall–Kier alpha value is -1.62. The fourth-order valence-corrected chi connectivity index (χ4v) is 1.28. The van der Waals surface area contributed by atoms with E-state index in [9.17, 15) is 14.3 Å². The Labute approximate surface area is 99.1 Å². The number of aliphatic hydroxyl groups excluding tert-OH is 1. The molecule has 3 N–H and O–H groups in total. The van der Waals surface area contributed by atoms with Crippen molar-refractivity contribution < 1.29 is 19.4 Å². The van der Waals surface area contributed by atoms with E-state index >= 15 is 0 Å². The third kappa shape index (κ3) is 3.17. The predicted octanol–water partition coefficient (Wildman–Crippen LogP) is 1.42. The number of carbonyl (C=O) groups excluding carboxylic acids is 1. The van der Waals surface area contributed by atoms with Crippen LogP contribution in [0, 0.1) is 5.82 Å². The maximum absolute atomic E-state index is 12.7. The second kappa shape index (κ2) is 5.14. The maximum Gasteiger partial charge on any atom is 0.255 e. The summed E-state index contributed by atoms with van der Waals surface area (Å²) >= 11 is 0. The average molecular weight is 241 g/mol. The minimum atomic E-state index is -0.752. The van der Waals surface area contributed by atoms with Gasteiger partial charge in [0, 0.05) is 6.07 Å². The molecule has 0 radical (unpaired) electrons. The van der Waals surface area contributed by atoms with Crippen molar-refractivity contribution in [1.29, 1.82) is 0 Å². The summed E-state index contributed by atoms with van der Waals surface area (Å²) in [5, 5.41) is 21.2. The molecule has 0 aliphatic carbocycles. The molecular formula is C12H16FNO3. The highest BCUT2D eigenvalue weighted by atomic mass is 19.1. The molecule has 0 aromatic heterocycles. The van der Waals surface area contributed by atoms with E-state index in [0.717, 1.165) is 12.1 Å². The van der Waals surface area contributed by atoms with Crippen molar-refractivity contribution in [3.05, 3.63) is 29.6 Å². The molecule has 1 amide bonds. The minimum Gasteiger partial charge on any atom is -0.507 e. The smallest absolute Gasteiger partial charge is 0.255 e. The lowest BCUT2D eigenvalue weighted by atomic mass is 9.99. The summed E-state index contributed by atoms with van der Waals surface area (Å²) in [4.78, 5) is 11.8. The lowest BCUT2D eigenvalue weighted by Gasteiger charge is -2.27. The predicted molar refractivity (Wildman–Crippen MR) is 61.3 cm³/mol. The van der Waals surface area contributed by atoms with Gasteiger partial charge in [-0.25, -0.2) is 4.39 Å². The zero-order valence-corrected chi connectivity index (χ0v) is 9.83. The maximum atomic E-state index is 12.7. The van der Waals surface area contributed by atoms with Gasteiger partial charge in [0.15, 0.2) is 0 Å². The number of benzene rings is 1. The van der Waals surface area contributed by atoms with Gasteiger partial charge in [0.05, 0.1) is 17.7 Å². The number of amides is 1. The summed E-state index contributed by atoms with van der Waals surface area (Å²) in [5.41, 5.74) is -0.766. The summed E-state index contributed by atoms with van der Waals surface area (Å²) in [5.74, 6) is -1.57. The Morgan fingerprint density at radius 2 is 2.18 bits per heavy atom. The monoisotopic (exact) mass is 241 g/mol. The van der Waals surface area contributed by atoms with Crippen molar-refractivity contribution in [2.75, 3.05) is 6.61 Å². The molecule has 1 atom stereocenters. The van der Waals surface area contributed by atoms with Gasteiger partial charge in [-0.2, -0.15) is 0 Å². The molecule has 94 valence electrons. The third-order valence-electron chi connectivity index (χ3n) is 2.75. The molecule has 0 spiro atoms. The molecule has 0 heterocycles. The topological polar surface area (TPSA) is 69.6 Å². The molecule has 0 fully saturated rings. The van der Waals surface area contributed by atoms with E-state index in [4.69, 9.17) is 5.11 Å². The largest absolute Gasteiger partial charge is 0.507 e. The minimum absolute atomic E-state index is 0.0143. The van der Waals surface area contributed by atoms with E-state index in [0.29, 0.717) is 6.42 Å². The highest BCUT2D eigenvalue weighted by molar-refractivity contribution is 5.97. The van der Waals surface area contributed by atoms with Crippen molar-refractivity contribution in [2.24, 2.45) is 0 Å². The molecule has 0 aliphatic rings. The van der Waals surface area contributed by atoms with E-state index in [1.165, 1.54) is 6.07 Å². The van der Waals surface area contributed by atoms with Gasteiger partial charge >= 0.3 is 0 Å². The lowest BCUT2D eigenvalue weighted by Crippen LogP contribution is -2.48. The van der Waals surface area contributed by atoms with E-state index in [2.05, 4.69) is 5.32 Å². The number of phenolic OH excluding ortho intramolecular Hbond substituents is 1. The van der Waals surface area contributed by atoms with Gasteiger partial charge in [0.25, 0.3) is 5.91 Å². The van der Waals surface area contributed by atoms with Crippen LogP contribution in [0.15, 0.2) is 18.2 Å². The SMILES string of the molecule is CCC(C)(CO)NC(=O)c1ccc(F)cc1O. The van der Waals surface area contributed by atoms with E-state index < -0.39 is 23.0 Å². The molecule has 0 saturated heterocycles. The summed E-state index contributed by atoms with van der Waals surface area (Å²) in [7, 11) is 0. The number of hydrogen-bond donors (Lipinski definition) is 3. The standard InChI is InChI=1S/C12H16FNO3/c1-3-12(2,7-15)14-11(17)9-5-4-8(13)6-10(9)16/h4-6,15-16H,3,7H2,1-2H3,(H,14,17). The number of hydrogen-bond acceptors (Lipinski definition) is 3. The van der Waals surface area contributed by atoms with Crippen molar-refractivity contribution >= 4 is 5.91 Å². The summed E-state index contributed by atoms with van der Waals surface area (Å²) in [6.07, 6.45) is 0.539. The first-order chi connectivity index (χ1) is 7.91. The van der Waals surface area contributed by atoms with Crippen LogP contribution in [-0.4, -0.2) is 28.3 Å². The first kappa shape index (κ1) is 13.4. The number of rotatable bonds is 4. The molecular weight excluding hydrogens is 225 g/mol. The van der Waals surface area contributed by atoms with Crippen LogP contribution in [-0.2, 0) is 0 Å². The first-order valence-corrected chi connectivity index (χ1v) is 5.34. The van der Waals surface area contributed by atoms with Crippen LogP contribution in [0.25, 0.3) is 0 Å². The molecule has 5 heteroatoms. The Bertz CT molecular complexity index is 416. The number of aliphatic hydroxyl groups is 1. The van der Waals surface area contributed by atoms with Gasteiger partial charge in [0.2, 0.25) is 0 Å². The van der Waals surface area contributed by atoms with Crippen LogP contribution < -0.4 is 5.32 Å². The molecule has 1 aromatic carbocycles. The second-order valence-corrected chi connectivity index (χ2v) is 4.19. The fraction of sp³-hybridized carbons (Fsp3) is 0.417. The summed E-state index contributed by atoms with van der Waals surface area (Å²) < 4.78 is 12.7. The number of aromatic hydroxyl groups is 1. The number of phenols is 1. The fourth-order valence-electron chi connectivity index (χ4n) is 1.28.